The molecule has 0 aliphatic heterocycles. The highest BCUT2D eigenvalue weighted by atomic mass is 32.1. The number of phenols is 1. The summed E-state index contributed by atoms with van der Waals surface area (Å²) in [5, 5.41) is 63.3. The van der Waals surface area contributed by atoms with E-state index < -0.39 is 81.4 Å². The number of nitrogens with one attached hydrogen (secondary N) is 1. The van der Waals surface area contributed by atoms with E-state index in [4.69, 9.17) is 5.73 Å². The number of nitrogens with two attached hydrogens (primary N) is 1. The maximum atomic E-state index is 14.2. The lowest BCUT2D eigenvalue weighted by molar-refractivity contribution is -0.169. The van der Waals surface area contributed by atoms with Crippen LogP contribution >= 0.6 is 11.3 Å². The second-order valence-corrected chi connectivity index (χ2v) is 13.7. The molecule has 1 fully saturated rings. The lowest BCUT2D eigenvalue weighted by Crippen LogP contribution is -2.70. The van der Waals surface area contributed by atoms with E-state index in [1.165, 1.54) is 30.3 Å². The van der Waals surface area contributed by atoms with Gasteiger partial charge in [0.25, 0.3) is 5.91 Å². The van der Waals surface area contributed by atoms with Gasteiger partial charge in [0.05, 0.1) is 35.0 Å². The van der Waals surface area contributed by atoms with Crippen molar-refractivity contribution < 1.29 is 39.9 Å². The Bertz CT molecular complexity index is 1930. The SMILES string of the molecule is CCN(CC)c1ccc(-c2csc(Nc3ccc4c(c3O)C(O)=C3C(=O)C5(O)C(O)=C(C(N)=O)C(=O)C(N(C)C)C5C(O)C3C4C)n2)cc1. The standard InChI is InChI=1S/C35H39N5O8S/c1-6-40(7-2)17-10-8-16(9-11-17)20-14-49-34(38-20)37-19-13-12-18-15(3)21-23(28(42)22(18)27(19)41)31(45)35(48)25(29(21)43)26(39(4)5)30(44)24(32(35)46)33(36)47/h8-15,21,25-26,29,41-43,46,48H,6-7H2,1-5H3,(H2,36,47)(H,37,38). The number of aromatic hydroxyl groups is 1. The third kappa shape index (κ3) is 5.00. The first-order valence-electron chi connectivity index (χ1n) is 15.9. The summed E-state index contributed by atoms with van der Waals surface area (Å²) in [6.07, 6.45) is -1.66. The van der Waals surface area contributed by atoms with E-state index in [1.807, 2.05) is 29.6 Å². The predicted octanol–water partition coefficient (Wildman–Crippen LogP) is 3.21. The molecule has 1 heterocycles. The van der Waals surface area contributed by atoms with Crippen molar-refractivity contribution in [2.24, 2.45) is 17.6 Å². The van der Waals surface area contributed by atoms with E-state index in [0.717, 1.165) is 24.3 Å². The van der Waals surface area contributed by atoms with Crippen LogP contribution in [0.3, 0.4) is 0 Å². The normalized spacial score (nSPS) is 26.4. The summed E-state index contributed by atoms with van der Waals surface area (Å²) in [6.45, 7) is 7.65. The van der Waals surface area contributed by atoms with E-state index in [2.05, 4.69) is 29.0 Å². The molecule has 13 nitrogen and oxygen atoms in total. The molecular formula is C35H39N5O8S. The smallest absolute Gasteiger partial charge is 0.255 e. The number of ketones is 2. The Morgan fingerprint density at radius 2 is 1.71 bits per heavy atom. The monoisotopic (exact) mass is 689 g/mol. The summed E-state index contributed by atoms with van der Waals surface area (Å²) in [6, 6.07) is 9.87. The van der Waals surface area contributed by atoms with Crippen LogP contribution in [0.25, 0.3) is 17.0 Å². The number of carbonyl (C=O) groups is 3. The van der Waals surface area contributed by atoms with Gasteiger partial charge in [-0.2, -0.15) is 0 Å². The van der Waals surface area contributed by atoms with E-state index in [-0.39, 0.29) is 11.3 Å². The quantitative estimate of drug-likeness (QED) is 0.134. The largest absolute Gasteiger partial charge is 0.508 e. The van der Waals surface area contributed by atoms with Gasteiger partial charge in [-0.15, -0.1) is 11.3 Å². The highest BCUT2D eigenvalue weighted by molar-refractivity contribution is 7.14. The van der Waals surface area contributed by atoms with Crippen LogP contribution in [0.2, 0.25) is 0 Å². The predicted molar refractivity (Wildman–Crippen MR) is 185 cm³/mol. The Hall–Kier alpha value is -4.76. The first-order chi connectivity index (χ1) is 23.2. The number of anilines is 3. The number of carbonyl (C=O) groups excluding carboxylic acids is 3. The zero-order valence-electron chi connectivity index (χ0n) is 27.6. The molecule has 6 unspecified atom stereocenters. The number of benzene rings is 2. The molecule has 14 heteroatoms. The molecule has 258 valence electrons. The summed E-state index contributed by atoms with van der Waals surface area (Å²) < 4.78 is 0. The Balaban J connectivity index is 1.39. The second kappa shape index (κ2) is 12.3. The summed E-state index contributed by atoms with van der Waals surface area (Å²) in [5.74, 6) is -9.40. The highest BCUT2D eigenvalue weighted by Gasteiger charge is 2.68. The first kappa shape index (κ1) is 34.1. The number of fused-ring (bicyclic) bond motifs is 3. The number of aromatic nitrogens is 1. The molecule has 3 aromatic rings. The maximum Gasteiger partial charge on any atom is 0.255 e. The van der Waals surface area contributed by atoms with Crippen LogP contribution in [0.1, 0.15) is 37.8 Å². The molecule has 1 amide bonds. The number of hydrogen-bond acceptors (Lipinski definition) is 13. The number of amides is 1. The summed E-state index contributed by atoms with van der Waals surface area (Å²) in [5.41, 5.74) is 4.19. The topological polar surface area (TPSA) is 210 Å². The fourth-order valence-corrected chi connectivity index (χ4v) is 8.46. The zero-order chi connectivity index (χ0) is 35.7. The van der Waals surface area contributed by atoms with Gasteiger partial charge in [0.1, 0.15) is 22.8 Å². The minimum atomic E-state index is -2.98. The molecule has 8 N–H and O–H groups in total. The Morgan fingerprint density at radius 3 is 2.31 bits per heavy atom. The second-order valence-electron chi connectivity index (χ2n) is 12.9. The van der Waals surface area contributed by atoms with Crippen LogP contribution in [0.15, 0.2) is 58.7 Å². The van der Waals surface area contributed by atoms with Crippen molar-refractivity contribution in [3.63, 3.8) is 0 Å². The molecule has 0 spiro atoms. The van der Waals surface area contributed by atoms with E-state index in [9.17, 15) is 39.9 Å². The first-order valence-corrected chi connectivity index (χ1v) is 16.8. The molecule has 0 bridgehead atoms. The van der Waals surface area contributed by atoms with E-state index in [1.54, 1.807) is 19.1 Å². The van der Waals surface area contributed by atoms with Gasteiger partial charge < -0.3 is 41.5 Å². The number of rotatable bonds is 8. The summed E-state index contributed by atoms with van der Waals surface area (Å²) >= 11 is 1.30. The van der Waals surface area contributed by atoms with Crippen LogP contribution in [0.4, 0.5) is 16.5 Å². The average Bonchev–Trinajstić information content (AvgIpc) is 3.53. The Morgan fingerprint density at radius 1 is 1.06 bits per heavy atom. The number of likely N-dealkylation sites (N-methyl/N-ethyl adjacent to an activating group) is 1. The number of Topliss-reactive ketones (excluding diaryl/α,β-unsaturated/α-hetero) is 2. The molecule has 0 radical (unpaired) electrons. The maximum absolute atomic E-state index is 14.2. The van der Waals surface area contributed by atoms with Crippen LogP contribution in [-0.2, 0) is 14.4 Å². The Kier molecular flexibility index (Phi) is 8.55. The molecule has 1 saturated carbocycles. The van der Waals surface area contributed by atoms with Gasteiger partial charge in [-0.05, 0) is 57.6 Å². The Labute approximate surface area is 286 Å². The summed E-state index contributed by atoms with van der Waals surface area (Å²) in [7, 11) is 2.93. The van der Waals surface area contributed by atoms with Crippen LogP contribution in [0, 0.1) is 11.8 Å². The van der Waals surface area contributed by atoms with E-state index >= 15 is 0 Å². The molecular weight excluding hydrogens is 650 g/mol. The fraction of sp³-hybridized carbons (Fsp3) is 0.371. The van der Waals surface area contributed by atoms with Crippen molar-refractivity contribution in [3.8, 4) is 17.0 Å². The van der Waals surface area contributed by atoms with Gasteiger partial charge in [0, 0.05) is 41.2 Å². The average molecular weight is 690 g/mol. The number of primary amides is 1. The van der Waals surface area contributed by atoms with Crippen molar-refractivity contribution >= 4 is 51.1 Å². The number of thiazole rings is 1. The molecule has 1 aromatic heterocycles. The molecule has 3 aliphatic rings. The molecule has 0 saturated heterocycles. The van der Waals surface area contributed by atoms with Crippen molar-refractivity contribution in [2.45, 2.75) is 44.4 Å². The van der Waals surface area contributed by atoms with Crippen LogP contribution in [0.5, 0.6) is 5.75 Å². The number of aliphatic hydroxyl groups excluding tert-OH is 3. The van der Waals surface area contributed by atoms with Crippen LogP contribution in [-0.4, -0.2) is 97.8 Å². The zero-order valence-corrected chi connectivity index (χ0v) is 28.4. The number of hydrogen-bond donors (Lipinski definition) is 7. The third-order valence-corrected chi connectivity index (χ3v) is 10.9. The van der Waals surface area contributed by atoms with Crippen molar-refractivity contribution in [2.75, 3.05) is 37.4 Å². The lowest BCUT2D eigenvalue weighted by atomic mass is 9.54. The van der Waals surface area contributed by atoms with Crippen molar-refractivity contribution in [1.82, 2.24) is 9.88 Å². The fourth-order valence-electron chi connectivity index (χ4n) is 7.73. The van der Waals surface area contributed by atoms with Gasteiger partial charge in [-0.25, -0.2) is 4.98 Å². The van der Waals surface area contributed by atoms with Crippen molar-refractivity contribution in [1.29, 1.82) is 0 Å². The minimum absolute atomic E-state index is 0.107. The highest BCUT2D eigenvalue weighted by Crippen LogP contribution is 2.56. The molecule has 6 rings (SSSR count). The number of nitrogens with zero attached hydrogens (tertiary/aromatic N) is 3. The van der Waals surface area contributed by atoms with Gasteiger partial charge >= 0.3 is 0 Å². The minimum Gasteiger partial charge on any atom is -0.508 e. The van der Waals surface area contributed by atoms with Gasteiger partial charge in [-0.1, -0.05) is 25.1 Å². The molecule has 3 aliphatic carbocycles. The number of aliphatic hydroxyl groups is 4. The third-order valence-electron chi connectivity index (χ3n) is 10.2. The summed E-state index contributed by atoms with van der Waals surface area (Å²) in [4.78, 5) is 48.1. The molecule has 49 heavy (non-hydrogen) atoms. The van der Waals surface area contributed by atoms with Gasteiger partial charge in [0.15, 0.2) is 16.5 Å². The molecule has 6 atom stereocenters. The van der Waals surface area contributed by atoms with E-state index in [0.29, 0.717) is 16.4 Å². The van der Waals surface area contributed by atoms with Gasteiger partial charge in [0.2, 0.25) is 5.78 Å². The van der Waals surface area contributed by atoms with Crippen LogP contribution < -0.4 is 16.0 Å². The number of phenolic OH excluding ortho intramolecular Hbond substituents is 1. The lowest BCUT2D eigenvalue weighted by Gasteiger charge is -2.53. The molecule has 2 aromatic carbocycles. The van der Waals surface area contributed by atoms with Crippen molar-refractivity contribution in [3.05, 3.63) is 69.8 Å². The van der Waals surface area contributed by atoms with Gasteiger partial charge in [-0.3, -0.25) is 19.3 Å².